The Balaban J connectivity index is 1.26. The zero-order valence-corrected chi connectivity index (χ0v) is 17.8. The summed E-state index contributed by atoms with van der Waals surface area (Å²) in [6, 6.07) is 4.38. The van der Waals surface area contributed by atoms with Crippen LogP contribution in [-0.4, -0.2) is 61.5 Å². The second-order valence-electron chi connectivity index (χ2n) is 8.14. The van der Waals surface area contributed by atoms with Crippen molar-refractivity contribution in [2.75, 3.05) is 30.4 Å². The maximum absolute atomic E-state index is 12.6. The van der Waals surface area contributed by atoms with Gasteiger partial charge in [-0.2, -0.15) is 9.64 Å². The SMILES string of the molecule is CN(c1c(C#N)cnc2[nH]ccc12)C1C[C@@H]2CN(C(=O)Nc3nc(CO)ns3)C[C@@H]2C1. The Morgan fingerprint density at radius 2 is 2.23 bits per heavy atom. The van der Waals surface area contributed by atoms with Crippen LogP contribution < -0.4 is 10.2 Å². The zero-order valence-electron chi connectivity index (χ0n) is 16.9. The monoisotopic (exact) mass is 438 g/mol. The second-order valence-corrected chi connectivity index (χ2v) is 8.89. The number of pyridine rings is 1. The average molecular weight is 439 g/mol. The lowest BCUT2D eigenvalue weighted by molar-refractivity contribution is 0.218. The van der Waals surface area contributed by atoms with Gasteiger partial charge in [-0.25, -0.2) is 14.8 Å². The van der Waals surface area contributed by atoms with E-state index in [1.54, 1.807) is 6.20 Å². The Hall–Kier alpha value is -3.23. The predicted molar refractivity (Wildman–Crippen MR) is 116 cm³/mol. The summed E-state index contributed by atoms with van der Waals surface area (Å²) in [5.74, 6) is 1.17. The van der Waals surface area contributed by atoms with E-state index in [1.165, 1.54) is 0 Å². The number of nitriles is 1. The second kappa shape index (κ2) is 7.79. The van der Waals surface area contributed by atoms with Gasteiger partial charge in [0.2, 0.25) is 5.13 Å². The van der Waals surface area contributed by atoms with Gasteiger partial charge in [-0.05, 0) is 30.7 Å². The quantitative estimate of drug-likeness (QED) is 0.568. The van der Waals surface area contributed by atoms with E-state index >= 15 is 0 Å². The molecular formula is C20H22N8O2S. The molecule has 3 atom stereocenters. The highest BCUT2D eigenvalue weighted by molar-refractivity contribution is 7.09. The fourth-order valence-corrected chi connectivity index (χ4v) is 5.50. The van der Waals surface area contributed by atoms with E-state index in [4.69, 9.17) is 5.11 Å². The lowest BCUT2D eigenvalue weighted by Crippen LogP contribution is -2.36. The van der Waals surface area contributed by atoms with Gasteiger partial charge in [0.25, 0.3) is 0 Å². The molecule has 3 aromatic rings. The third kappa shape index (κ3) is 3.47. The standard InChI is InChI=1S/C20H22N8O2S/c1-27(17-13(6-21)7-23-18-15(17)2-3-22-18)14-4-11-8-28(9-12(11)5-14)20(30)25-19-24-16(10-29)26-31-19/h2-3,7,11-12,14,29H,4-5,8-10H2,1H3,(H,22,23)(H,24,25,26,30)/t11-,12+,14?. The number of aliphatic hydroxyl groups excluding tert-OH is 1. The van der Waals surface area contributed by atoms with Crippen molar-refractivity contribution in [3.63, 3.8) is 0 Å². The Bertz CT molecular complexity index is 1150. The summed E-state index contributed by atoms with van der Waals surface area (Å²) in [5, 5.41) is 22.8. The Kier molecular flexibility index (Phi) is 4.95. The van der Waals surface area contributed by atoms with Crippen molar-refractivity contribution >= 4 is 39.4 Å². The average Bonchev–Trinajstić information content (AvgIpc) is 3.54. The molecule has 1 saturated carbocycles. The molecule has 160 valence electrons. The summed E-state index contributed by atoms with van der Waals surface area (Å²) >= 11 is 1.07. The number of hydrogen-bond donors (Lipinski definition) is 3. The number of carbonyl (C=O) groups is 1. The number of aliphatic hydroxyl groups is 1. The number of urea groups is 1. The molecule has 3 aromatic heterocycles. The highest BCUT2D eigenvalue weighted by Gasteiger charge is 2.44. The minimum Gasteiger partial charge on any atom is -0.388 e. The van der Waals surface area contributed by atoms with Gasteiger partial charge in [0.05, 0.1) is 11.3 Å². The zero-order chi connectivity index (χ0) is 21.5. The van der Waals surface area contributed by atoms with Gasteiger partial charge >= 0.3 is 6.03 Å². The molecule has 31 heavy (non-hydrogen) atoms. The minimum atomic E-state index is -0.241. The maximum Gasteiger partial charge on any atom is 0.323 e. The van der Waals surface area contributed by atoms with Crippen LogP contribution >= 0.6 is 11.5 Å². The van der Waals surface area contributed by atoms with Crippen molar-refractivity contribution in [1.82, 2.24) is 24.2 Å². The first kappa shape index (κ1) is 19.7. The summed E-state index contributed by atoms with van der Waals surface area (Å²) in [6.07, 6.45) is 5.41. The minimum absolute atomic E-state index is 0.171. The van der Waals surface area contributed by atoms with E-state index in [1.807, 2.05) is 24.2 Å². The van der Waals surface area contributed by atoms with E-state index in [0.717, 1.165) is 41.1 Å². The molecule has 1 saturated heterocycles. The number of likely N-dealkylation sites (tertiary alicyclic amines) is 1. The molecule has 11 heteroatoms. The van der Waals surface area contributed by atoms with Gasteiger partial charge in [-0.1, -0.05) is 0 Å². The molecule has 5 rings (SSSR count). The number of aromatic nitrogens is 4. The van der Waals surface area contributed by atoms with Gasteiger partial charge in [-0.3, -0.25) is 5.32 Å². The Labute approximate surface area is 182 Å². The molecule has 0 bridgehead atoms. The molecule has 0 spiro atoms. The van der Waals surface area contributed by atoms with Crippen LogP contribution in [0, 0.1) is 23.2 Å². The number of amides is 2. The van der Waals surface area contributed by atoms with Crippen molar-refractivity contribution in [3.05, 3.63) is 29.8 Å². The molecule has 0 radical (unpaired) electrons. The summed E-state index contributed by atoms with van der Waals surface area (Å²) in [7, 11) is 2.05. The molecule has 2 fully saturated rings. The van der Waals surface area contributed by atoms with E-state index in [9.17, 15) is 10.1 Å². The molecule has 0 aromatic carbocycles. The fourth-order valence-electron chi connectivity index (χ4n) is 4.93. The first-order valence-electron chi connectivity index (χ1n) is 10.2. The molecule has 10 nitrogen and oxygen atoms in total. The van der Waals surface area contributed by atoms with Crippen LogP contribution in [0.4, 0.5) is 15.6 Å². The molecule has 2 aliphatic rings. The predicted octanol–water partition coefficient (Wildman–Crippen LogP) is 2.16. The van der Waals surface area contributed by atoms with Crippen molar-refractivity contribution < 1.29 is 9.90 Å². The van der Waals surface area contributed by atoms with E-state index in [0.29, 0.717) is 47.5 Å². The van der Waals surface area contributed by atoms with Crippen LogP contribution in [0.5, 0.6) is 0 Å². The van der Waals surface area contributed by atoms with Crippen molar-refractivity contribution in [3.8, 4) is 6.07 Å². The molecule has 1 aliphatic heterocycles. The number of nitrogens with one attached hydrogen (secondary N) is 2. The molecule has 1 aliphatic carbocycles. The summed E-state index contributed by atoms with van der Waals surface area (Å²) in [5.41, 5.74) is 2.28. The molecule has 4 heterocycles. The first-order valence-corrected chi connectivity index (χ1v) is 10.9. The number of nitrogens with zero attached hydrogens (tertiary/aromatic N) is 6. The molecule has 2 amide bonds. The molecular weight excluding hydrogens is 416 g/mol. The summed E-state index contributed by atoms with van der Waals surface area (Å²) in [4.78, 5) is 28.2. The lowest BCUT2D eigenvalue weighted by Gasteiger charge is -2.29. The third-order valence-electron chi connectivity index (χ3n) is 6.42. The van der Waals surface area contributed by atoms with Crippen LogP contribution in [0.25, 0.3) is 11.0 Å². The van der Waals surface area contributed by atoms with Crippen LogP contribution in [0.3, 0.4) is 0 Å². The number of H-pyrrole nitrogens is 1. The van der Waals surface area contributed by atoms with Crippen molar-refractivity contribution in [1.29, 1.82) is 5.26 Å². The van der Waals surface area contributed by atoms with Crippen LogP contribution in [-0.2, 0) is 6.61 Å². The van der Waals surface area contributed by atoms with Gasteiger partial charge < -0.3 is 19.9 Å². The highest BCUT2D eigenvalue weighted by Crippen LogP contribution is 2.42. The molecule has 3 N–H and O–H groups in total. The van der Waals surface area contributed by atoms with Gasteiger partial charge in [0, 0.05) is 55.5 Å². The number of aromatic amines is 1. The van der Waals surface area contributed by atoms with E-state index in [2.05, 4.69) is 35.6 Å². The third-order valence-corrected chi connectivity index (χ3v) is 7.08. The summed E-state index contributed by atoms with van der Waals surface area (Å²) < 4.78 is 3.97. The number of fused-ring (bicyclic) bond motifs is 2. The topological polar surface area (TPSA) is 134 Å². The normalized spacial score (nSPS) is 22.5. The largest absolute Gasteiger partial charge is 0.388 e. The van der Waals surface area contributed by atoms with Crippen molar-refractivity contribution in [2.45, 2.75) is 25.5 Å². The Morgan fingerprint density at radius 3 is 2.90 bits per heavy atom. The number of hydrogen-bond acceptors (Lipinski definition) is 8. The first-order chi connectivity index (χ1) is 15.1. The fraction of sp³-hybridized carbons (Fsp3) is 0.450. The van der Waals surface area contributed by atoms with E-state index < -0.39 is 0 Å². The van der Waals surface area contributed by atoms with Gasteiger partial charge in [0.1, 0.15) is 18.3 Å². The van der Waals surface area contributed by atoms with Gasteiger partial charge in [0.15, 0.2) is 5.82 Å². The number of rotatable bonds is 4. The smallest absolute Gasteiger partial charge is 0.323 e. The van der Waals surface area contributed by atoms with Crippen molar-refractivity contribution in [2.24, 2.45) is 11.8 Å². The van der Waals surface area contributed by atoms with Gasteiger partial charge in [-0.15, -0.1) is 0 Å². The lowest BCUT2D eigenvalue weighted by atomic mass is 10.0. The Morgan fingerprint density at radius 1 is 1.45 bits per heavy atom. The summed E-state index contributed by atoms with van der Waals surface area (Å²) in [6.45, 7) is 1.16. The van der Waals surface area contributed by atoms with Crippen LogP contribution in [0.1, 0.15) is 24.2 Å². The number of anilines is 2. The number of carbonyl (C=O) groups excluding carboxylic acids is 1. The molecule has 1 unspecified atom stereocenters. The van der Waals surface area contributed by atoms with Crippen LogP contribution in [0.2, 0.25) is 0 Å². The highest BCUT2D eigenvalue weighted by atomic mass is 32.1. The van der Waals surface area contributed by atoms with E-state index in [-0.39, 0.29) is 12.6 Å². The van der Waals surface area contributed by atoms with Crippen LogP contribution in [0.15, 0.2) is 18.5 Å². The maximum atomic E-state index is 12.6.